The van der Waals surface area contributed by atoms with Crippen LogP contribution in [0.3, 0.4) is 0 Å². The summed E-state index contributed by atoms with van der Waals surface area (Å²) in [5.74, 6) is 0.285. The van der Waals surface area contributed by atoms with E-state index in [0.717, 1.165) is 6.42 Å². The van der Waals surface area contributed by atoms with Gasteiger partial charge in [-0.05, 0) is 34.5 Å². The van der Waals surface area contributed by atoms with Crippen LogP contribution in [-0.4, -0.2) is 34.8 Å². The Morgan fingerprint density at radius 3 is 2.83 bits per heavy atom. The van der Waals surface area contributed by atoms with Crippen LogP contribution in [0.25, 0.3) is 0 Å². The molecule has 0 radical (unpaired) electrons. The van der Waals surface area contributed by atoms with E-state index in [2.05, 4.69) is 20.9 Å². The van der Waals surface area contributed by atoms with Crippen LogP contribution in [0, 0.1) is 0 Å². The molecule has 0 saturated carbocycles. The Morgan fingerprint density at radius 1 is 1.22 bits per heavy atom. The fourth-order valence-electron chi connectivity index (χ4n) is 2.19. The highest BCUT2D eigenvalue weighted by atomic mass is 79.9. The first kappa shape index (κ1) is 11.4. The van der Waals surface area contributed by atoms with Crippen LogP contribution in [0.15, 0.2) is 34.6 Å². The van der Waals surface area contributed by atoms with Crippen LogP contribution in [0.2, 0.25) is 0 Å². The first-order valence-electron chi connectivity index (χ1n) is 5.62. The summed E-state index contributed by atoms with van der Waals surface area (Å²) in [5, 5.41) is 0. The highest BCUT2D eigenvalue weighted by Crippen LogP contribution is 2.26. The van der Waals surface area contributed by atoms with Gasteiger partial charge in [0, 0.05) is 6.54 Å². The van der Waals surface area contributed by atoms with Gasteiger partial charge in [-0.25, -0.2) is 4.98 Å². The largest absolute Gasteiger partial charge is 0.306 e. The first-order valence-corrected chi connectivity index (χ1v) is 6.41. The van der Waals surface area contributed by atoms with Gasteiger partial charge in [-0.2, -0.15) is 0 Å². The number of amides is 2. The van der Waals surface area contributed by atoms with Crippen molar-refractivity contribution in [2.45, 2.75) is 6.42 Å². The second-order valence-corrected chi connectivity index (χ2v) is 4.95. The van der Waals surface area contributed by atoms with E-state index in [1.807, 2.05) is 6.08 Å². The highest BCUT2D eigenvalue weighted by Gasteiger charge is 2.37. The van der Waals surface area contributed by atoms with Crippen molar-refractivity contribution in [3.05, 3.63) is 34.6 Å². The molecule has 2 aliphatic rings. The number of hydrogen-bond donors (Lipinski definition) is 0. The van der Waals surface area contributed by atoms with Gasteiger partial charge in [-0.1, -0.05) is 12.1 Å². The number of nitrogens with zero attached hydrogens (tertiary/aromatic N) is 3. The van der Waals surface area contributed by atoms with E-state index >= 15 is 0 Å². The smallest absolute Gasteiger partial charge is 0.276 e. The van der Waals surface area contributed by atoms with Gasteiger partial charge in [0.05, 0.1) is 0 Å². The molecule has 0 spiro atoms. The molecule has 92 valence electrons. The molecule has 0 atom stereocenters. The zero-order chi connectivity index (χ0) is 12.7. The third-order valence-electron chi connectivity index (χ3n) is 3.02. The number of rotatable bonds is 1. The van der Waals surface area contributed by atoms with Gasteiger partial charge >= 0.3 is 0 Å². The molecule has 0 N–H and O–H groups in total. The SMILES string of the molecule is O=C1CN(c2cccc(Br)n2)C(=O)C2=CCCN12. The summed E-state index contributed by atoms with van der Waals surface area (Å²) in [6, 6.07) is 5.29. The van der Waals surface area contributed by atoms with Crippen molar-refractivity contribution in [3.63, 3.8) is 0 Å². The van der Waals surface area contributed by atoms with E-state index in [4.69, 9.17) is 0 Å². The van der Waals surface area contributed by atoms with Gasteiger partial charge in [-0.15, -0.1) is 0 Å². The summed E-state index contributed by atoms with van der Waals surface area (Å²) in [5.41, 5.74) is 0.480. The lowest BCUT2D eigenvalue weighted by molar-refractivity contribution is -0.133. The number of carbonyl (C=O) groups is 2. The highest BCUT2D eigenvalue weighted by molar-refractivity contribution is 9.10. The minimum absolute atomic E-state index is 0.0552. The topological polar surface area (TPSA) is 53.5 Å². The fraction of sp³-hybridized carbons (Fsp3) is 0.250. The number of anilines is 1. The Bertz CT molecular complexity index is 570. The maximum atomic E-state index is 12.3. The zero-order valence-electron chi connectivity index (χ0n) is 9.47. The summed E-state index contributed by atoms with van der Waals surface area (Å²) in [6.07, 6.45) is 2.55. The first-order chi connectivity index (χ1) is 8.66. The second-order valence-electron chi connectivity index (χ2n) is 4.13. The molecular weight excluding hydrogens is 298 g/mol. The molecule has 1 aromatic heterocycles. The minimum Gasteiger partial charge on any atom is -0.306 e. The lowest BCUT2D eigenvalue weighted by atomic mass is 10.2. The van der Waals surface area contributed by atoms with E-state index in [-0.39, 0.29) is 18.4 Å². The quantitative estimate of drug-likeness (QED) is 0.735. The van der Waals surface area contributed by atoms with Crippen molar-refractivity contribution in [1.29, 1.82) is 0 Å². The van der Waals surface area contributed by atoms with Crippen LogP contribution < -0.4 is 4.90 Å². The van der Waals surface area contributed by atoms with Crippen molar-refractivity contribution >= 4 is 33.6 Å². The Labute approximate surface area is 112 Å². The van der Waals surface area contributed by atoms with Gasteiger partial charge < -0.3 is 4.90 Å². The molecule has 3 rings (SSSR count). The lowest BCUT2D eigenvalue weighted by Crippen LogP contribution is -2.51. The summed E-state index contributed by atoms with van der Waals surface area (Å²) >= 11 is 3.26. The van der Waals surface area contributed by atoms with E-state index in [9.17, 15) is 9.59 Å². The van der Waals surface area contributed by atoms with Crippen molar-refractivity contribution in [2.24, 2.45) is 0 Å². The number of piperazine rings is 1. The fourth-order valence-corrected chi connectivity index (χ4v) is 2.52. The predicted molar refractivity (Wildman–Crippen MR) is 68.7 cm³/mol. The summed E-state index contributed by atoms with van der Waals surface area (Å²) in [6.45, 7) is 0.666. The molecule has 1 aromatic rings. The molecule has 18 heavy (non-hydrogen) atoms. The molecule has 6 heteroatoms. The average Bonchev–Trinajstić information content (AvgIpc) is 2.83. The molecule has 0 aromatic carbocycles. The normalized spacial score (nSPS) is 19.1. The molecule has 2 amide bonds. The van der Waals surface area contributed by atoms with Crippen LogP contribution >= 0.6 is 15.9 Å². The van der Waals surface area contributed by atoms with Crippen LogP contribution in [0.4, 0.5) is 5.82 Å². The third-order valence-corrected chi connectivity index (χ3v) is 3.46. The number of aromatic nitrogens is 1. The number of halogens is 1. The lowest BCUT2D eigenvalue weighted by Gasteiger charge is -2.32. The molecule has 5 nitrogen and oxygen atoms in total. The number of pyridine rings is 1. The molecule has 1 fully saturated rings. The Morgan fingerprint density at radius 2 is 2.06 bits per heavy atom. The number of carbonyl (C=O) groups excluding carboxylic acids is 2. The monoisotopic (exact) mass is 307 g/mol. The Hall–Kier alpha value is -1.69. The maximum absolute atomic E-state index is 12.3. The maximum Gasteiger partial charge on any atom is 0.276 e. The van der Waals surface area contributed by atoms with E-state index in [1.54, 1.807) is 23.1 Å². The predicted octanol–water partition coefficient (Wildman–Crippen LogP) is 1.31. The third kappa shape index (κ3) is 1.73. The summed E-state index contributed by atoms with van der Waals surface area (Å²) in [7, 11) is 0. The molecule has 2 aliphatic heterocycles. The molecule has 1 saturated heterocycles. The van der Waals surface area contributed by atoms with Gasteiger partial charge in [0.2, 0.25) is 5.91 Å². The minimum atomic E-state index is -0.155. The van der Waals surface area contributed by atoms with Crippen LogP contribution in [0.1, 0.15) is 6.42 Å². The Kier molecular flexibility index (Phi) is 2.66. The summed E-state index contributed by atoms with van der Waals surface area (Å²) in [4.78, 5) is 31.4. The van der Waals surface area contributed by atoms with Gasteiger partial charge in [0.1, 0.15) is 22.7 Å². The van der Waals surface area contributed by atoms with Crippen molar-refractivity contribution in [2.75, 3.05) is 18.0 Å². The molecule has 3 heterocycles. The van der Waals surface area contributed by atoms with Gasteiger partial charge in [0.25, 0.3) is 5.91 Å². The van der Waals surface area contributed by atoms with Crippen molar-refractivity contribution in [1.82, 2.24) is 9.88 Å². The number of fused-ring (bicyclic) bond motifs is 1. The second kappa shape index (κ2) is 4.20. The molecule has 0 bridgehead atoms. The van der Waals surface area contributed by atoms with E-state index < -0.39 is 0 Å². The molecule has 0 unspecified atom stereocenters. The van der Waals surface area contributed by atoms with Gasteiger partial charge in [0.15, 0.2) is 0 Å². The van der Waals surface area contributed by atoms with Crippen LogP contribution in [-0.2, 0) is 9.59 Å². The standard InChI is InChI=1S/C12H10BrN3O2/c13-9-4-1-5-10(14-9)16-7-11(17)15-6-2-3-8(15)12(16)18/h1,3-5H,2,6-7H2. The van der Waals surface area contributed by atoms with Crippen molar-refractivity contribution < 1.29 is 9.59 Å². The van der Waals surface area contributed by atoms with E-state index in [0.29, 0.717) is 22.7 Å². The molecule has 0 aliphatic carbocycles. The average molecular weight is 308 g/mol. The Balaban J connectivity index is 1.98. The van der Waals surface area contributed by atoms with Gasteiger partial charge in [-0.3, -0.25) is 14.5 Å². The number of hydrogen-bond acceptors (Lipinski definition) is 3. The van der Waals surface area contributed by atoms with E-state index in [1.165, 1.54) is 4.90 Å². The molecular formula is C12H10BrN3O2. The van der Waals surface area contributed by atoms with Crippen LogP contribution in [0.5, 0.6) is 0 Å². The van der Waals surface area contributed by atoms with Crippen molar-refractivity contribution in [3.8, 4) is 0 Å². The summed E-state index contributed by atoms with van der Waals surface area (Å²) < 4.78 is 0.642. The zero-order valence-corrected chi connectivity index (χ0v) is 11.1.